The summed E-state index contributed by atoms with van der Waals surface area (Å²) in [5, 5.41) is 6.80. The van der Waals surface area contributed by atoms with Crippen LogP contribution in [0.4, 0.5) is 5.69 Å². The number of halogens is 2. The molecule has 1 unspecified atom stereocenters. The molecule has 2 rings (SSSR count). The van der Waals surface area contributed by atoms with Gasteiger partial charge in [-0.25, -0.2) is 9.67 Å². The van der Waals surface area contributed by atoms with E-state index in [0.29, 0.717) is 17.9 Å². The first kappa shape index (κ1) is 18.4. The molecule has 8 heteroatoms. The predicted molar refractivity (Wildman–Crippen MR) is 82.8 cm³/mol. The van der Waals surface area contributed by atoms with Gasteiger partial charge in [0.1, 0.15) is 0 Å². The zero-order chi connectivity index (χ0) is 13.0. The van der Waals surface area contributed by atoms with Crippen molar-refractivity contribution in [2.75, 3.05) is 5.32 Å². The zero-order valence-electron chi connectivity index (χ0n) is 10.9. The normalized spacial score (nSPS) is 10.9. The molecule has 0 fully saturated rings. The highest BCUT2D eigenvalue weighted by atomic mass is 35.5. The van der Waals surface area contributed by atoms with Gasteiger partial charge in [-0.05, 0) is 25.1 Å². The monoisotopic (exact) mass is 317 g/mol. The number of anilines is 1. The van der Waals surface area contributed by atoms with Crippen LogP contribution in [0.1, 0.15) is 13.3 Å². The van der Waals surface area contributed by atoms with E-state index in [1.807, 2.05) is 6.07 Å². The molecule has 3 N–H and O–H groups in total. The van der Waals surface area contributed by atoms with Gasteiger partial charge in [0.05, 0.1) is 11.9 Å². The van der Waals surface area contributed by atoms with Crippen molar-refractivity contribution in [3.63, 3.8) is 0 Å². The van der Waals surface area contributed by atoms with Crippen LogP contribution in [0.3, 0.4) is 0 Å². The Hall–Kier alpha value is -1.63. The number of hydrogen-bond donors (Lipinski definition) is 2. The van der Waals surface area contributed by atoms with Gasteiger partial charge in [0, 0.05) is 24.9 Å². The molecule has 0 spiro atoms. The molecule has 6 nitrogen and oxygen atoms in total. The molecule has 0 aliphatic heterocycles. The number of carbonyl (C=O) groups excluding carboxylic acids is 1. The zero-order valence-corrected chi connectivity index (χ0v) is 12.5. The molecule has 1 atom stereocenters. The summed E-state index contributed by atoms with van der Waals surface area (Å²) in [6, 6.07) is 5.23. The van der Waals surface area contributed by atoms with E-state index in [0.717, 1.165) is 0 Å². The van der Waals surface area contributed by atoms with Crippen LogP contribution in [-0.2, 0) is 4.79 Å². The van der Waals surface area contributed by atoms with Crippen molar-refractivity contribution in [1.29, 1.82) is 0 Å². The highest BCUT2D eigenvalue weighted by molar-refractivity contribution is 5.90. The van der Waals surface area contributed by atoms with Crippen molar-refractivity contribution in [2.45, 2.75) is 19.4 Å². The second-order valence-electron chi connectivity index (χ2n) is 4.09. The second kappa shape index (κ2) is 8.52. The maximum Gasteiger partial charge on any atom is 0.225 e. The molecule has 0 aliphatic carbocycles. The van der Waals surface area contributed by atoms with Gasteiger partial charge in [0.15, 0.2) is 5.82 Å². The summed E-state index contributed by atoms with van der Waals surface area (Å²) in [7, 11) is 0. The molecule has 0 aromatic carbocycles. The molecule has 2 heterocycles. The Bertz CT molecular complexity index is 513. The number of pyridine rings is 1. The molecular formula is C12H17Cl2N5O. The van der Waals surface area contributed by atoms with Gasteiger partial charge >= 0.3 is 0 Å². The fourth-order valence-electron chi connectivity index (χ4n) is 1.50. The van der Waals surface area contributed by atoms with Crippen molar-refractivity contribution in [3.8, 4) is 5.82 Å². The summed E-state index contributed by atoms with van der Waals surface area (Å²) in [4.78, 5) is 15.7. The molecule has 0 radical (unpaired) electrons. The van der Waals surface area contributed by atoms with Gasteiger partial charge in [-0.2, -0.15) is 5.10 Å². The second-order valence-corrected chi connectivity index (χ2v) is 4.09. The predicted octanol–water partition coefficient (Wildman–Crippen LogP) is 1.79. The topological polar surface area (TPSA) is 85.8 Å². The average Bonchev–Trinajstić information content (AvgIpc) is 2.82. The van der Waals surface area contributed by atoms with Crippen LogP contribution >= 0.6 is 24.8 Å². The van der Waals surface area contributed by atoms with E-state index in [4.69, 9.17) is 5.73 Å². The lowest BCUT2D eigenvalue weighted by molar-refractivity contribution is -0.116. The molecular weight excluding hydrogens is 301 g/mol. The third-order valence-corrected chi connectivity index (χ3v) is 2.28. The maximum absolute atomic E-state index is 11.5. The van der Waals surface area contributed by atoms with Crippen LogP contribution in [0.25, 0.3) is 5.82 Å². The third kappa shape index (κ3) is 5.16. The van der Waals surface area contributed by atoms with E-state index in [-0.39, 0.29) is 36.8 Å². The van der Waals surface area contributed by atoms with Crippen molar-refractivity contribution in [3.05, 3.63) is 36.8 Å². The molecule has 0 bridgehead atoms. The molecule has 1 amide bonds. The van der Waals surface area contributed by atoms with Gasteiger partial charge in [-0.1, -0.05) is 0 Å². The van der Waals surface area contributed by atoms with Crippen LogP contribution in [0.5, 0.6) is 0 Å². The van der Waals surface area contributed by atoms with Gasteiger partial charge in [0.25, 0.3) is 0 Å². The van der Waals surface area contributed by atoms with E-state index in [9.17, 15) is 4.79 Å². The van der Waals surface area contributed by atoms with Crippen LogP contribution in [0, 0.1) is 0 Å². The minimum Gasteiger partial charge on any atom is -0.327 e. The molecule has 110 valence electrons. The number of nitrogens with one attached hydrogen (secondary N) is 1. The quantitative estimate of drug-likeness (QED) is 0.900. The largest absolute Gasteiger partial charge is 0.327 e. The number of nitrogens with zero attached hydrogens (tertiary/aromatic N) is 3. The lowest BCUT2D eigenvalue weighted by Crippen LogP contribution is -2.24. The van der Waals surface area contributed by atoms with Crippen LogP contribution < -0.4 is 11.1 Å². The van der Waals surface area contributed by atoms with E-state index < -0.39 is 0 Å². The summed E-state index contributed by atoms with van der Waals surface area (Å²) in [5.74, 6) is 0.587. The molecule has 2 aromatic heterocycles. The van der Waals surface area contributed by atoms with E-state index in [1.54, 1.807) is 42.3 Å². The molecule has 0 aliphatic rings. The number of carbonyl (C=O) groups is 1. The SMILES string of the molecule is CC(N)CC(=O)Nc1ccc(-n2cccn2)nc1.Cl.Cl. The van der Waals surface area contributed by atoms with E-state index >= 15 is 0 Å². The molecule has 2 aromatic rings. The van der Waals surface area contributed by atoms with Crippen molar-refractivity contribution >= 4 is 36.4 Å². The maximum atomic E-state index is 11.5. The number of aromatic nitrogens is 3. The van der Waals surface area contributed by atoms with Crippen molar-refractivity contribution < 1.29 is 4.79 Å². The lowest BCUT2D eigenvalue weighted by atomic mass is 10.2. The Balaban J connectivity index is 0.00000180. The smallest absolute Gasteiger partial charge is 0.225 e. The summed E-state index contributed by atoms with van der Waals surface area (Å²) in [6.45, 7) is 1.79. The minimum absolute atomic E-state index is 0. The lowest BCUT2D eigenvalue weighted by Gasteiger charge is -2.07. The Labute approximate surface area is 129 Å². The Kier molecular flexibility index (Phi) is 7.83. The Morgan fingerprint density at radius 3 is 2.70 bits per heavy atom. The van der Waals surface area contributed by atoms with Gasteiger partial charge in [0.2, 0.25) is 5.91 Å². The van der Waals surface area contributed by atoms with Crippen LogP contribution in [0.15, 0.2) is 36.8 Å². The van der Waals surface area contributed by atoms with Crippen molar-refractivity contribution in [2.24, 2.45) is 5.73 Å². The van der Waals surface area contributed by atoms with Crippen LogP contribution in [0.2, 0.25) is 0 Å². The standard InChI is InChI=1S/C12H15N5O.2ClH/c1-9(13)7-12(18)16-10-3-4-11(14-8-10)17-6-2-5-15-17;;/h2-6,8-9H,7,13H2,1H3,(H,16,18);2*1H. The molecule has 0 saturated carbocycles. The first-order chi connectivity index (χ1) is 8.65. The average molecular weight is 318 g/mol. The van der Waals surface area contributed by atoms with Gasteiger partial charge < -0.3 is 11.1 Å². The summed E-state index contributed by atoms with van der Waals surface area (Å²) < 4.78 is 1.65. The number of hydrogen-bond acceptors (Lipinski definition) is 4. The van der Waals surface area contributed by atoms with E-state index in [2.05, 4.69) is 15.4 Å². The molecule has 0 saturated heterocycles. The summed E-state index contributed by atoms with van der Waals surface area (Å²) in [5.41, 5.74) is 6.20. The highest BCUT2D eigenvalue weighted by Gasteiger charge is 2.06. The number of rotatable bonds is 4. The Morgan fingerprint density at radius 1 is 1.45 bits per heavy atom. The summed E-state index contributed by atoms with van der Waals surface area (Å²) >= 11 is 0. The molecule has 20 heavy (non-hydrogen) atoms. The van der Waals surface area contributed by atoms with Gasteiger partial charge in [-0.3, -0.25) is 4.79 Å². The number of nitrogens with two attached hydrogens (primary N) is 1. The van der Waals surface area contributed by atoms with Crippen molar-refractivity contribution in [1.82, 2.24) is 14.8 Å². The minimum atomic E-state index is -0.152. The number of amides is 1. The summed E-state index contributed by atoms with van der Waals surface area (Å²) in [6.07, 6.45) is 5.37. The van der Waals surface area contributed by atoms with Gasteiger partial charge in [-0.15, -0.1) is 24.8 Å². The van der Waals surface area contributed by atoms with E-state index in [1.165, 1.54) is 0 Å². The highest BCUT2D eigenvalue weighted by Crippen LogP contribution is 2.09. The first-order valence-electron chi connectivity index (χ1n) is 5.66. The van der Waals surface area contributed by atoms with Crippen LogP contribution in [-0.4, -0.2) is 26.7 Å². The fourth-order valence-corrected chi connectivity index (χ4v) is 1.50. The Morgan fingerprint density at radius 2 is 2.20 bits per heavy atom. The third-order valence-electron chi connectivity index (χ3n) is 2.28. The first-order valence-corrected chi connectivity index (χ1v) is 5.66. The fraction of sp³-hybridized carbons (Fsp3) is 0.250.